The predicted octanol–water partition coefficient (Wildman–Crippen LogP) is 1.77. The van der Waals surface area contributed by atoms with E-state index in [1.807, 2.05) is 19.1 Å². The molecule has 0 saturated heterocycles. The molecule has 0 amide bonds. The summed E-state index contributed by atoms with van der Waals surface area (Å²) in [5.41, 5.74) is 1.43. The monoisotopic (exact) mass is 175 g/mol. The Morgan fingerprint density at radius 1 is 1.69 bits per heavy atom. The van der Waals surface area contributed by atoms with Crippen LogP contribution in [0, 0.1) is 16.7 Å². The fourth-order valence-corrected chi connectivity index (χ4v) is 0.688. The topological polar surface area (TPSA) is 59.7 Å². The van der Waals surface area contributed by atoms with E-state index in [2.05, 4.69) is 11.9 Å². The number of allylic oxidation sites excluding steroid dienone is 3. The highest BCUT2D eigenvalue weighted by Crippen LogP contribution is 1.90. The summed E-state index contributed by atoms with van der Waals surface area (Å²) in [5, 5.41) is 18.2. The van der Waals surface area contributed by atoms with E-state index >= 15 is 0 Å². The lowest BCUT2D eigenvalue weighted by atomic mass is 10.3. The summed E-state index contributed by atoms with van der Waals surface area (Å²) in [4.78, 5) is 0. The third-order valence-corrected chi connectivity index (χ3v) is 1.33. The fraction of sp³-hybridized carbons (Fsp3) is 0.200. The summed E-state index contributed by atoms with van der Waals surface area (Å²) in [5.74, 6) is 0. The van der Waals surface area contributed by atoms with Crippen molar-refractivity contribution >= 4 is 6.21 Å². The van der Waals surface area contributed by atoms with Crippen molar-refractivity contribution in [2.24, 2.45) is 0 Å². The molecule has 0 unspecified atom stereocenters. The van der Waals surface area contributed by atoms with Gasteiger partial charge in [0.2, 0.25) is 0 Å². The fourth-order valence-electron chi connectivity index (χ4n) is 0.688. The molecule has 0 atom stereocenters. The second-order valence-electron chi connectivity index (χ2n) is 2.49. The van der Waals surface area contributed by atoms with Crippen LogP contribution in [-0.2, 0) is 0 Å². The van der Waals surface area contributed by atoms with Gasteiger partial charge in [-0.15, -0.1) is 0 Å². The van der Waals surface area contributed by atoms with Gasteiger partial charge < -0.3 is 10.7 Å². The number of rotatable bonds is 5. The van der Waals surface area contributed by atoms with Gasteiger partial charge in [0.05, 0.1) is 5.57 Å². The lowest BCUT2D eigenvalue weighted by Crippen LogP contribution is -2.09. The molecule has 3 nitrogen and oxygen atoms in total. The Kier molecular flexibility index (Phi) is 5.90. The van der Waals surface area contributed by atoms with Crippen molar-refractivity contribution in [2.45, 2.75) is 6.92 Å². The van der Waals surface area contributed by atoms with Gasteiger partial charge in [-0.05, 0) is 6.92 Å². The lowest BCUT2D eigenvalue weighted by Gasteiger charge is -1.99. The Bertz CT molecular complexity index is 279. The number of nitrogens with one attached hydrogen (secondary N) is 2. The zero-order chi connectivity index (χ0) is 10.1. The number of hydrogen-bond acceptors (Lipinski definition) is 3. The summed E-state index contributed by atoms with van der Waals surface area (Å²) in [6, 6.07) is 1.87. The minimum Gasteiger partial charge on any atom is -0.386 e. The maximum absolute atomic E-state index is 8.45. The van der Waals surface area contributed by atoms with Crippen molar-refractivity contribution < 1.29 is 0 Å². The molecular formula is C10H13N3. The van der Waals surface area contributed by atoms with E-state index in [1.165, 1.54) is 6.20 Å². The normalized spacial score (nSPS) is 11.7. The molecule has 0 rings (SSSR count). The van der Waals surface area contributed by atoms with Crippen molar-refractivity contribution in [1.29, 1.82) is 10.7 Å². The number of nitriles is 1. The second-order valence-corrected chi connectivity index (χ2v) is 2.49. The molecule has 0 fully saturated rings. The highest BCUT2D eigenvalue weighted by Gasteiger charge is 1.88. The van der Waals surface area contributed by atoms with Gasteiger partial charge in [0.1, 0.15) is 6.07 Å². The van der Waals surface area contributed by atoms with E-state index in [0.717, 1.165) is 11.8 Å². The predicted molar refractivity (Wildman–Crippen MR) is 54.4 cm³/mol. The van der Waals surface area contributed by atoms with Crippen molar-refractivity contribution in [1.82, 2.24) is 5.32 Å². The smallest absolute Gasteiger partial charge is 0.102 e. The lowest BCUT2D eigenvalue weighted by molar-refractivity contribution is 0.933. The molecule has 3 heteroatoms. The zero-order valence-corrected chi connectivity index (χ0v) is 7.67. The van der Waals surface area contributed by atoms with E-state index in [1.54, 1.807) is 6.08 Å². The van der Waals surface area contributed by atoms with Crippen molar-refractivity contribution in [3.8, 4) is 6.07 Å². The van der Waals surface area contributed by atoms with E-state index in [4.69, 9.17) is 10.7 Å². The first-order valence-electron chi connectivity index (χ1n) is 3.87. The zero-order valence-electron chi connectivity index (χ0n) is 7.67. The van der Waals surface area contributed by atoms with Crippen LogP contribution in [0.15, 0.2) is 36.1 Å². The first-order valence-corrected chi connectivity index (χ1v) is 3.87. The van der Waals surface area contributed by atoms with Crippen LogP contribution in [0.4, 0.5) is 0 Å². The second kappa shape index (κ2) is 6.86. The van der Waals surface area contributed by atoms with Gasteiger partial charge in [-0.2, -0.15) is 5.26 Å². The van der Waals surface area contributed by atoms with Gasteiger partial charge in [-0.1, -0.05) is 24.3 Å². The highest BCUT2D eigenvalue weighted by atomic mass is 14.8. The van der Waals surface area contributed by atoms with Crippen molar-refractivity contribution in [3.05, 3.63) is 36.1 Å². The van der Waals surface area contributed by atoms with Gasteiger partial charge in [0.25, 0.3) is 0 Å². The van der Waals surface area contributed by atoms with Gasteiger partial charge in [-0.3, -0.25) is 0 Å². The molecule has 2 N–H and O–H groups in total. The Labute approximate surface area is 78.6 Å². The Morgan fingerprint density at radius 3 is 2.85 bits per heavy atom. The molecule has 0 spiro atoms. The molecule has 0 bridgehead atoms. The van der Waals surface area contributed by atoms with Crippen molar-refractivity contribution in [2.75, 3.05) is 6.54 Å². The molecule has 0 heterocycles. The largest absolute Gasteiger partial charge is 0.386 e. The van der Waals surface area contributed by atoms with Crippen molar-refractivity contribution in [3.63, 3.8) is 0 Å². The van der Waals surface area contributed by atoms with Crippen LogP contribution in [0.25, 0.3) is 0 Å². The first kappa shape index (κ1) is 11.2. The van der Waals surface area contributed by atoms with E-state index in [9.17, 15) is 0 Å². The molecule has 0 aliphatic heterocycles. The summed E-state index contributed by atoms with van der Waals surface area (Å²) < 4.78 is 0. The minimum atomic E-state index is 0.311. The first-order chi connectivity index (χ1) is 6.24. The van der Waals surface area contributed by atoms with E-state index < -0.39 is 0 Å². The summed E-state index contributed by atoms with van der Waals surface area (Å²) in [7, 11) is 0. The van der Waals surface area contributed by atoms with Crippen LogP contribution in [0.5, 0.6) is 0 Å². The van der Waals surface area contributed by atoms with Crippen LogP contribution >= 0.6 is 0 Å². The summed E-state index contributed by atoms with van der Waals surface area (Å²) in [6.07, 6.45) is 6.13. The van der Waals surface area contributed by atoms with E-state index in [-0.39, 0.29) is 0 Å². The van der Waals surface area contributed by atoms with Gasteiger partial charge in [-0.25, -0.2) is 0 Å². The maximum atomic E-state index is 8.45. The van der Waals surface area contributed by atoms with Gasteiger partial charge in [0.15, 0.2) is 0 Å². The molecular weight excluding hydrogens is 162 g/mol. The molecule has 0 radical (unpaired) electrons. The molecule has 0 aromatic heterocycles. The Morgan fingerprint density at radius 2 is 2.38 bits per heavy atom. The number of nitrogens with zero attached hydrogens (tertiary/aromatic N) is 1. The minimum absolute atomic E-state index is 0.311. The molecule has 68 valence electrons. The average molecular weight is 175 g/mol. The number of hydrogen-bond donors (Lipinski definition) is 2. The Balaban J connectivity index is 3.99. The maximum Gasteiger partial charge on any atom is 0.102 e. The standard InChI is InChI=1S/C10H13N3/c1-3-4-9(2)7-13-8-10(5-11)6-12/h3-5,8,11,13H,1,7H2,2H3/b9-4+,10-8+,11-5?. The van der Waals surface area contributed by atoms with Crippen LogP contribution in [-0.4, -0.2) is 12.8 Å². The van der Waals surface area contributed by atoms with E-state index in [0.29, 0.717) is 12.1 Å². The third-order valence-electron chi connectivity index (χ3n) is 1.33. The van der Waals surface area contributed by atoms with Gasteiger partial charge in [0, 0.05) is 19.0 Å². The molecule has 0 aliphatic rings. The summed E-state index contributed by atoms with van der Waals surface area (Å²) in [6.45, 7) is 6.18. The van der Waals surface area contributed by atoms with Crippen LogP contribution in [0.1, 0.15) is 6.92 Å². The third kappa shape index (κ3) is 5.45. The van der Waals surface area contributed by atoms with Crippen LogP contribution in [0.2, 0.25) is 0 Å². The summed E-state index contributed by atoms with van der Waals surface area (Å²) >= 11 is 0. The molecule has 0 aromatic rings. The SMILES string of the molecule is C=C/C=C(\C)CN/C=C(/C#N)C=N. The molecule has 0 saturated carbocycles. The molecule has 13 heavy (non-hydrogen) atoms. The van der Waals surface area contributed by atoms with Gasteiger partial charge >= 0.3 is 0 Å². The molecule has 0 aromatic carbocycles. The highest BCUT2D eigenvalue weighted by molar-refractivity contribution is 5.80. The average Bonchev–Trinajstić information content (AvgIpc) is 2.13. The van der Waals surface area contributed by atoms with Crippen LogP contribution < -0.4 is 5.32 Å². The molecule has 0 aliphatic carbocycles. The Hall–Kier alpha value is -1.82. The van der Waals surface area contributed by atoms with Crippen LogP contribution in [0.3, 0.4) is 0 Å². The quantitative estimate of drug-likeness (QED) is 0.380.